The third-order valence-corrected chi connectivity index (χ3v) is 5.67. The van der Waals surface area contributed by atoms with Crippen LogP contribution >= 0.6 is 0 Å². The molecular weight excluding hydrogens is 326 g/mol. The zero-order valence-electron chi connectivity index (χ0n) is 14.7. The van der Waals surface area contributed by atoms with Crippen molar-refractivity contribution in [1.82, 2.24) is 5.32 Å². The first kappa shape index (κ1) is 16.8. The highest BCUT2D eigenvalue weighted by Crippen LogP contribution is 2.44. The molecule has 0 radical (unpaired) electrons. The van der Waals surface area contributed by atoms with E-state index in [1.165, 1.54) is 22.3 Å². The molecule has 0 heterocycles. The molecule has 4 rings (SSSR count). The average molecular weight is 349 g/mol. The van der Waals surface area contributed by atoms with E-state index >= 15 is 0 Å². The van der Waals surface area contributed by atoms with E-state index in [-0.39, 0.29) is 12.5 Å². The van der Waals surface area contributed by atoms with Crippen molar-refractivity contribution in [2.75, 3.05) is 6.61 Å². The van der Waals surface area contributed by atoms with Gasteiger partial charge in [-0.2, -0.15) is 0 Å². The van der Waals surface area contributed by atoms with Crippen molar-refractivity contribution in [1.29, 1.82) is 0 Å². The van der Waals surface area contributed by atoms with Crippen LogP contribution in [0.5, 0.6) is 0 Å². The van der Waals surface area contributed by atoms with Crippen LogP contribution < -0.4 is 5.32 Å². The summed E-state index contributed by atoms with van der Waals surface area (Å²) in [5.41, 5.74) is 4.02. The zero-order valence-corrected chi connectivity index (χ0v) is 14.7. The van der Waals surface area contributed by atoms with Crippen LogP contribution in [0.4, 0.5) is 4.79 Å². The maximum absolute atomic E-state index is 12.4. The first-order valence-corrected chi connectivity index (χ1v) is 9.32. The monoisotopic (exact) mass is 349 g/mol. The molecule has 134 valence electrons. The molecule has 0 bridgehead atoms. The van der Waals surface area contributed by atoms with E-state index in [1.54, 1.807) is 0 Å². The number of nitrogens with one attached hydrogen (secondary N) is 1. The second-order valence-electron chi connectivity index (χ2n) is 7.29. The third kappa shape index (κ3) is 3.00. The van der Waals surface area contributed by atoms with Crippen LogP contribution in [0.25, 0.3) is 11.1 Å². The summed E-state index contributed by atoms with van der Waals surface area (Å²) in [6.07, 6.45) is 4.81. The van der Waals surface area contributed by atoms with Crippen LogP contribution in [0.3, 0.4) is 0 Å². The number of rotatable bonds is 4. The van der Waals surface area contributed by atoms with Gasteiger partial charge in [0.25, 0.3) is 0 Å². The number of amides is 1. The number of carbonyl (C=O) groups is 2. The Morgan fingerprint density at radius 3 is 2.15 bits per heavy atom. The van der Waals surface area contributed by atoms with Crippen molar-refractivity contribution in [3.63, 3.8) is 0 Å². The van der Waals surface area contributed by atoms with Crippen LogP contribution in [0.15, 0.2) is 48.5 Å². The Morgan fingerprint density at radius 2 is 1.58 bits per heavy atom. The van der Waals surface area contributed by atoms with Gasteiger partial charge in [0.05, 0.1) is 5.54 Å². The summed E-state index contributed by atoms with van der Waals surface area (Å²) in [6, 6.07) is 16.5. The smallest absolute Gasteiger partial charge is 0.407 e. The van der Waals surface area contributed by atoms with Gasteiger partial charge in [0, 0.05) is 5.92 Å². The number of ether oxygens (including phenoxy) is 1. The second-order valence-corrected chi connectivity index (χ2v) is 7.29. The largest absolute Gasteiger partial charge is 0.449 e. The number of hydrogen-bond donors (Lipinski definition) is 1. The highest BCUT2D eigenvalue weighted by atomic mass is 16.5. The molecule has 0 atom stereocenters. The molecule has 1 amide bonds. The van der Waals surface area contributed by atoms with Crippen molar-refractivity contribution in [2.24, 2.45) is 0 Å². The lowest BCUT2D eigenvalue weighted by molar-refractivity contribution is -0.114. The first-order valence-electron chi connectivity index (χ1n) is 9.32. The predicted molar refractivity (Wildman–Crippen MR) is 100 cm³/mol. The van der Waals surface area contributed by atoms with Gasteiger partial charge in [0.15, 0.2) is 0 Å². The molecule has 4 heteroatoms. The highest BCUT2D eigenvalue weighted by Gasteiger charge is 2.35. The Bertz CT molecular complexity index is 778. The number of hydrogen-bond acceptors (Lipinski definition) is 3. The lowest BCUT2D eigenvalue weighted by Crippen LogP contribution is -2.51. The van der Waals surface area contributed by atoms with Crippen LogP contribution in [0.1, 0.15) is 49.1 Å². The minimum Gasteiger partial charge on any atom is -0.449 e. The number of aldehydes is 1. The van der Waals surface area contributed by atoms with E-state index in [4.69, 9.17) is 4.74 Å². The summed E-state index contributed by atoms with van der Waals surface area (Å²) in [4.78, 5) is 23.9. The van der Waals surface area contributed by atoms with Crippen LogP contribution in [-0.4, -0.2) is 24.5 Å². The molecule has 1 saturated carbocycles. The van der Waals surface area contributed by atoms with Gasteiger partial charge in [-0.25, -0.2) is 4.79 Å². The normalized spacial score (nSPS) is 17.8. The van der Waals surface area contributed by atoms with Gasteiger partial charge in [-0.1, -0.05) is 67.8 Å². The fraction of sp³-hybridized carbons (Fsp3) is 0.364. The lowest BCUT2D eigenvalue weighted by Gasteiger charge is -2.32. The molecule has 2 aliphatic rings. The number of carbonyl (C=O) groups excluding carboxylic acids is 2. The standard InChI is InChI=1S/C22H23NO3/c24-15-22(12-6-1-7-13-22)23-21(25)26-14-20-18-10-4-2-8-16(18)17-9-3-5-11-19(17)20/h2-5,8-11,15,20H,1,6-7,12-14H2,(H,23,25). The third-order valence-electron chi connectivity index (χ3n) is 5.67. The zero-order chi connectivity index (χ0) is 18.0. The highest BCUT2D eigenvalue weighted by molar-refractivity contribution is 5.79. The van der Waals surface area contributed by atoms with E-state index in [0.29, 0.717) is 12.8 Å². The van der Waals surface area contributed by atoms with E-state index in [9.17, 15) is 9.59 Å². The van der Waals surface area contributed by atoms with Gasteiger partial charge < -0.3 is 14.8 Å². The van der Waals surface area contributed by atoms with E-state index in [1.807, 2.05) is 24.3 Å². The SMILES string of the molecule is O=CC1(NC(=O)OCC2c3ccccc3-c3ccccc32)CCCCC1. The fourth-order valence-electron chi connectivity index (χ4n) is 4.29. The fourth-order valence-corrected chi connectivity index (χ4v) is 4.29. The van der Waals surface area contributed by atoms with Gasteiger partial charge >= 0.3 is 6.09 Å². The molecule has 0 aromatic heterocycles. The summed E-state index contributed by atoms with van der Waals surface area (Å²) in [5.74, 6) is 0.0340. The Hall–Kier alpha value is -2.62. The van der Waals surface area contributed by atoms with Gasteiger partial charge in [-0.05, 0) is 35.1 Å². The van der Waals surface area contributed by atoms with Crippen molar-refractivity contribution in [2.45, 2.75) is 43.6 Å². The molecule has 1 N–H and O–H groups in total. The van der Waals surface area contributed by atoms with Gasteiger partial charge in [-0.3, -0.25) is 0 Å². The summed E-state index contributed by atoms with van der Waals surface area (Å²) in [5, 5.41) is 2.82. The Labute approximate surface area is 153 Å². The number of fused-ring (bicyclic) bond motifs is 3. The van der Waals surface area contributed by atoms with Gasteiger partial charge in [0.1, 0.15) is 12.9 Å². The van der Waals surface area contributed by atoms with Crippen LogP contribution in [0.2, 0.25) is 0 Å². The summed E-state index contributed by atoms with van der Waals surface area (Å²) >= 11 is 0. The minimum absolute atomic E-state index is 0.0340. The Morgan fingerprint density at radius 1 is 1.00 bits per heavy atom. The molecule has 2 aromatic carbocycles. The van der Waals surface area contributed by atoms with Gasteiger partial charge in [-0.15, -0.1) is 0 Å². The quantitative estimate of drug-likeness (QED) is 0.831. The maximum Gasteiger partial charge on any atom is 0.407 e. The predicted octanol–water partition coefficient (Wildman–Crippen LogP) is 4.43. The van der Waals surface area contributed by atoms with Crippen molar-refractivity contribution in [3.8, 4) is 11.1 Å². The molecule has 26 heavy (non-hydrogen) atoms. The topological polar surface area (TPSA) is 55.4 Å². The Kier molecular flexibility index (Phi) is 4.49. The summed E-state index contributed by atoms with van der Waals surface area (Å²) < 4.78 is 5.56. The Balaban J connectivity index is 1.48. The molecular formula is C22H23NO3. The number of benzene rings is 2. The molecule has 0 spiro atoms. The number of alkyl carbamates (subject to hydrolysis) is 1. The van der Waals surface area contributed by atoms with Crippen molar-refractivity contribution >= 4 is 12.4 Å². The van der Waals surface area contributed by atoms with E-state index in [2.05, 4.69) is 29.6 Å². The molecule has 0 unspecified atom stereocenters. The van der Waals surface area contributed by atoms with Gasteiger partial charge in [0.2, 0.25) is 0 Å². The van der Waals surface area contributed by atoms with Crippen molar-refractivity contribution in [3.05, 3.63) is 59.7 Å². The van der Waals surface area contributed by atoms with Crippen LogP contribution in [0, 0.1) is 0 Å². The van der Waals surface area contributed by atoms with E-state index < -0.39 is 11.6 Å². The molecule has 2 aromatic rings. The van der Waals surface area contributed by atoms with Crippen LogP contribution in [-0.2, 0) is 9.53 Å². The summed E-state index contributed by atoms with van der Waals surface area (Å²) in [6.45, 7) is 0.273. The van der Waals surface area contributed by atoms with Crippen molar-refractivity contribution < 1.29 is 14.3 Å². The van der Waals surface area contributed by atoms with E-state index in [0.717, 1.165) is 25.5 Å². The molecule has 2 aliphatic carbocycles. The summed E-state index contributed by atoms with van der Waals surface area (Å²) in [7, 11) is 0. The second kappa shape index (κ2) is 6.94. The molecule has 0 saturated heterocycles. The first-order chi connectivity index (χ1) is 12.7. The average Bonchev–Trinajstić information content (AvgIpc) is 3.01. The maximum atomic E-state index is 12.4. The molecule has 0 aliphatic heterocycles. The minimum atomic E-state index is -0.749. The lowest BCUT2D eigenvalue weighted by atomic mass is 9.83. The molecule has 1 fully saturated rings. The molecule has 4 nitrogen and oxygen atoms in total.